The Labute approximate surface area is 110 Å². The van der Waals surface area contributed by atoms with Crippen LogP contribution in [0, 0.1) is 5.92 Å². The number of hydrogen-bond acceptors (Lipinski definition) is 2. The zero-order valence-electron chi connectivity index (χ0n) is 11.6. The Kier molecular flexibility index (Phi) is 4.49. The van der Waals surface area contributed by atoms with Crippen LogP contribution in [0.1, 0.15) is 51.9 Å². The van der Waals surface area contributed by atoms with Crippen LogP contribution in [0.2, 0.25) is 0 Å². The Balaban J connectivity index is 1.90. The van der Waals surface area contributed by atoms with Crippen LogP contribution < -0.4 is 11.1 Å². The monoisotopic (exact) mass is 253 g/mol. The van der Waals surface area contributed by atoms with E-state index in [9.17, 15) is 4.79 Å². The molecule has 1 heterocycles. The summed E-state index contributed by atoms with van der Waals surface area (Å²) in [5.41, 5.74) is 5.79. The van der Waals surface area contributed by atoms with Crippen molar-refractivity contribution in [3.63, 3.8) is 0 Å². The van der Waals surface area contributed by atoms with Gasteiger partial charge in [-0.15, -0.1) is 0 Å². The van der Waals surface area contributed by atoms with E-state index in [1.165, 1.54) is 19.3 Å². The lowest BCUT2D eigenvalue weighted by molar-refractivity contribution is 0.153. The van der Waals surface area contributed by atoms with Gasteiger partial charge in [0.15, 0.2) is 0 Å². The molecular formula is C14H27N3O. The van der Waals surface area contributed by atoms with Crippen LogP contribution in [-0.4, -0.2) is 36.1 Å². The first-order valence-corrected chi connectivity index (χ1v) is 7.42. The first kappa shape index (κ1) is 13.7. The number of amides is 2. The number of carbonyl (C=O) groups excluding carboxylic acids is 1. The molecule has 0 atom stereocenters. The van der Waals surface area contributed by atoms with E-state index in [0.717, 1.165) is 44.7 Å². The minimum Gasteiger partial charge on any atom is -0.331 e. The van der Waals surface area contributed by atoms with Gasteiger partial charge in [0.2, 0.25) is 0 Å². The topological polar surface area (TPSA) is 58.4 Å². The number of hydrogen-bond donors (Lipinski definition) is 2. The number of piperidine rings is 1. The fourth-order valence-corrected chi connectivity index (χ4v) is 3.10. The molecule has 0 bridgehead atoms. The van der Waals surface area contributed by atoms with Gasteiger partial charge in [-0.2, -0.15) is 0 Å². The van der Waals surface area contributed by atoms with Gasteiger partial charge in [0.1, 0.15) is 0 Å². The summed E-state index contributed by atoms with van der Waals surface area (Å²) in [7, 11) is 0. The minimum atomic E-state index is -0.138. The second-order valence-corrected chi connectivity index (χ2v) is 6.14. The Morgan fingerprint density at radius 3 is 2.44 bits per heavy atom. The minimum absolute atomic E-state index is 0.106. The van der Waals surface area contributed by atoms with Gasteiger partial charge in [0.25, 0.3) is 0 Å². The maximum atomic E-state index is 12.3. The summed E-state index contributed by atoms with van der Waals surface area (Å²) in [6, 6.07) is 0.106. The van der Waals surface area contributed by atoms with E-state index in [1.54, 1.807) is 0 Å². The molecule has 2 fully saturated rings. The fraction of sp³-hybridized carbons (Fsp3) is 0.929. The predicted octanol–water partition coefficient (Wildman–Crippen LogP) is 2.09. The van der Waals surface area contributed by atoms with E-state index in [1.807, 2.05) is 4.90 Å². The van der Waals surface area contributed by atoms with Gasteiger partial charge >= 0.3 is 6.03 Å². The zero-order valence-corrected chi connectivity index (χ0v) is 11.6. The summed E-state index contributed by atoms with van der Waals surface area (Å²) in [6.07, 6.45) is 7.95. The molecule has 1 saturated carbocycles. The number of nitrogens with two attached hydrogens (primary N) is 1. The molecule has 104 valence electrons. The van der Waals surface area contributed by atoms with Crippen LogP contribution in [-0.2, 0) is 0 Å². The maximum absolute atomic E-state index is 12.3. The highest BCUT2D eigenvalue weighted by molar-refractivity contribution is 5.75. The van der Waals surface area contributed by atoms with E-state index < -0.39 is 0 Å². The van der Waals surface area contributed by atoms with E-state index in [4.69, 9.17) is 5.73 Å². The largest absolute Gasteiger partial charge is 0.331 e. The lowest BCUT2D eigenvalue weighted by Gasteiger charge is -2.41. The molecule has 2 aliphatic rings. The Hall–Kier alpha value is -0.770. The first-order chi connectivity index (χ1) is 8.65. The fourth-order valence-electron chi connectivity index (χ4n) is 3.10. The third-order valence-electron chi connectivity index (χ3n) is 4.64. The number of urea groups is 1. The van der Waals surface area contributed by atoms with Crippen LogP contribution in [0.15, 0.2) is 0 Å². The Bertz CT molecular complexity index is 279. The zero-order chi connectivity index (χ0) is 13.0. The van der Waals surface area contributed by atoms with Crippen molar-refractivity contribution in [3.05, 3.63) is 0 Å². The van der Waals surface area contributed by atoms with Gasteiger partial charge in [-0.05, 0) is 50.9 Å². The van der Waals surface area contributed by atoms with E-state index in [-0.39, 0.29) is 11.6 Å². The first-order valence-electron chi connectivity index (χ1n) is 7.42. The molecule has 1 aliphatic heterocycles. The average molecular weight is 253 g/mol. The maximum Gasteiger partial charge on any atom is 0.317 e. The van der Waals surface area contributed by atoms with Crippen molar-refractivity contribution in [2.45, 2.75) is 57.4 Å². The standard InChI is InChI=1S/C14H27N3O/c1-12-5-7-14(11-15,8-6-12)16-13(18)17-9-3-2-4-10-17/h12H,2-11,15H2,1H3,(H,16,18). The lowest BCUT2D eigenvalue weighted by Crippen LogP contribution is -2.59. The molecule has 0 aromatic carbocycles. The van der Waals surface area contributed by atoms with Gasteiger partial charge in [0, 0.05) is 19.6 Å². The summed E-state index contributed by atoms with van der Waals surface area (Å²) in [4.78, 5) is 14.2. The van der Waals surface area contributed by atoms with Gasteiger partial charge in [-0.1, -0.05) is 6.92 Å². The summed E-state index contributed by atoms with van der Waals surface area (Å²) < 4.78 is 0. The molecule has 2 rings (SSSR count). The molecule has 4 nitrogen and oxygen atoms in total. The molecular weight excluding hydrogens is 226 g/mol. The van der Waals surface area contributed by atoms with Crippen LogP contribution >= 0.6 is 0 Å². The van der Waals surface area contributed by atoms with Gasteiger partial charge < -0.3 is 16.0 Å². The van der Waals surface area contributed by atoms with Gasteiger partial charge in [-0.3, -0.25) is 0 Å². The molecule has 4 heteroatoms. The number of nitrogens with zero attached hydrogens (tertiary/aromatic N) is 1. The van der Waals surface area contributed by atoms with Crippen molar-refractivity contribution in [2.75, 3.05) is 19.6 Å². The number of carbonyl (C=O) groups is 1. The highest BCUT2D eigenvalue weighted by Crippen LogP contribution is 2.31. The molecule has 0 unspecified atom stereocenters. The van der Waals surface area contributed by atoms with E-state index in [2.05, 4.69) is 12.2 Å². The molecule has 1 saturated heterocycles. The molecule has 18 heavy (non-hydrogen) atoms. The summed E-state index contributed by atoms with van der Waals surface area (Å²) in [5, 5.41) is 3.23. The molecule has 0 radical (unpaired) electrons. The van der Waals surface area contributed by atoms with Crippen molar-refractivity contribution in [2.24, 2.45) is 11.7 Å². The van der Waals surface area contributed by atoms with Crippen LogP contribution in [0.4, 0.5) is 4.79 Å². The number of rotatable bonds is 2. The Morgan fingerprint density at radius 2 is 1.89 bits per heavy atom. The Morgan fingerprint density at radius 1 is 1.28 bits per heavy atom. The third kappa shape index (κ3) is 3.16. The summed E-state index contributed by atoms with van der Waals surface area (Å²) in [6.45, 7) is 4.66. The lowest BCUT2D eigenvalue weighted by atomic mass is 9.77. The van der Waals surface area contributed by atoms with Crippen molar-refractivity contribution < 1.29 is 4.79 Å². The second kappa shape index (κ2) is 5.91. The quantitative estimate of drug-likeness (QED) is 0.791. The highest BCUT2D eigenvalue weighted by Gasteiger charge is 2.35. The molecule has 0 spiro atoms. The average Bonchev–Trinajstić information content (AvgIpc) is 2.43. The van der Waals surface area contributed by atoms with Gasteiger partial charge in [-0.25, -0.2) is 4.79 Å². The van der Waals surface area contributed by atoms with E-state index in [0.29, 0.717) is 6.54 Å². The summed E-state index contributed by atoms with van der Waals surface area (Å²) >= 11 is 0. The van der Waals surface area contributed by atoms with E-state index >= 15 is 0 Å². The second-order valence-electron chi connectivity index (χ2n) is 6.14. The normalized spacial score (nSPS) is 33.2. The molecule has 3 N–H and O–H groups in total. The van der Waals surface area contributed by atoms with Crippen LogP contribution in [0.25, 0.3) is 0 Å². The van der Waals surface area contributed by atoms with Crippen molar-refractivity contribution in [3.8, 4) is 0 Å². The molecule has 0 aromatic heterocycles. The van der Waals surface area contributed by atoms with Crippen LogP contribution in [0.5, 0.6) is 0 Å². The highest BCUT2D eigenvalue weighted by atomic mass is 16.2. The van der Waals surface area contributed by atoms with Crippen molar-refractivity contribution in [1.29, 1.82) is 0 Å². The molecule has 1 aliphatic carbocycles. The van der Waals surface area contributed by atoms with Crippen molar-refractivity contribution >= 4 is 6.03 Å². The smallest absolute Gasteiger partial charge is 0.317 e. The molecule has 0 aromatic rings. The van der Waals surface area contributed by atoms with Gasteiger partial charge in [0.05, 0.1) is 5.54 Å². The SMILES string of the molecule is CC1CCC(CN)(NC(=O)N2CCCCC2)CC1. The van der Waals surface area contributed by atoms with Crippen LogP contribution in [0.3, 0.4) is 0 Å². The predicted molar refractivity (Wildman–Crippen MR) is 73.4 cm³/mol. The summed E-state index contributed by atoms with van der Waals surface area (Å²) in [5.74, 6) is 0.775. The number of likely N-dealkylation sites (tertiary alicyclic amines) is 1. The van der Waals surface area contributed by atoms with Crippen molar-refractivity contribution in [1.82, 2.24) is 10.2 Å². The third-order valence-corrected chi connectivity index (χ3v) is 4.64. The molecule has 2 amide bonds. The number of nitrogens with one attached hydrogen (secondary N) is 1.